The van der Waals surface area contributed by atoms with Crippen LogP contribution in [0.4, 0.5) is 11.6 Å². The number of halogens is 2. The van der Waals surface area contributed by atoms with Crippen LogP contribution in [0.5, 0.6) is 0 Å². The van der Waals surface area contributed by atoms with E-state index in [1.54, 1.807) is 24.3 Å². The van der Waals surface area contributed by atoms with E-state index in [0.717, 1.165) is 0 Å². The fourth-order valence-electron chi connectivity index (χ4n) is 1.28. The van der Waals surface area contributed by atoms with E-state index in [1.807, 2.05) is 13.8 Å². The quantitative estimate of drug-likeness (QED) is 0.741. The van der Waals surface area contributed by atoms with E-state index in [2.05, 4.69) is 20.2 Å². The fourth-order valence-corrected chi connectivity index (χ4v) is 1.49. The summed E-state index contributed by atoms with van der Waals surface area (Å²) in [5, 5.41) is 9.21. The molecule has 0 amide bonds. The summed E-state index contributed by atoms with van der Waals surface area (Å²) in [7, 11) is 0. The molecule has 2 aromatic heterocycles. The molecule has 0 bridgehead atoms. The molecular weight excluding hydrogens is 271 g/mol. The standard InChI is InChI=1S/C12H10Cl2N4/c1-7-9(13)3-5-11(15-7)17-18-12-6-4-10(14)8(2)16-12/h3-6H,1-2H3. The smallest absolute Gasteiger partial charge is 0.174 e. The maximum absolute atomic E-state index is 5.87. The van der Waals surface area contributed by atoms with Crippen molar-refractivity contribution in [2.45, 2.75) is 13.8 Å². The van der Waals surface area contributed by atoms with Crippen LogP contribution >= 0.6 is 23.2 Å². The van der Waals surface area contributed by atoms with Crippen molar-refractivity contribution in [3.63, 3.8) is 0 Å². The van der Waals surface area contributed by atoms with Crippen LogP contribution in [0.25, 0.3) is 0 Å². The number of aromatic nitrogens is 2. The van der Waals surface area contributed by atoms with Gasteiger partial charge >= 0.3 is 0 Å². The highest BCUT2D eigenvalue weighted by Gasteiger charge is 2.00. The van der Waals surface area contributed by atoms with Crippen LogP contribution in [-0.4, -0.2) is 9.97 Å². The Bertz CT molecular complexity index is 558. The molecule has 6 heteroatoms. The van der Waals surface area contributed by atoms with Gasteiger partial charge in [-0.2, -0.15) is 0 Å². The molecule has 0 N–H and O–H groups in total. The van der Waals surface area contributed by atoms with Gasteiger partial charge in [0.1, 0.15) is 0 Å². The van der Waals surface area contributed by atoms with Crippen LogP contribution in [0, 0.1) is 13.8 Å². The third-order valence-corrected chi connectivity index (χ3v) is 3.07. The number of hydrogen-bond donors (Lipinski definition) is 0. The lowest BCUT2D eigenvalue weighted by Gasteiger charge is -1.98. The van der Waals surface area contributed by atoms with Gasteiger partial charge in [0.05, 0.1) is 21.4 Å². The molecule has 0 saturated heterocycles. The molecule has 0 atom stereocenters. The first-order valence-electron chi connectivity index (χ1n) is 5.24. The van der Waals surface area contributed by atoms with Crippen LogP contribution in [-0.2, 0) is 0 Å². The number of rotatable bonds is 2. The molecule has 0 fully saturated rings. The Morgan fingerprint density at radius 3 is 1.50 bits per heavy atom. The Balaban J connectivity index is 2.24. The normalized spacial score (nSPS) is 11.1. The van der Waals surface area contributed by atoms with Crippen LogP contribution < -0.4 is 0 Å². The van der Waals surface area contributed by atoms with Crippen LogP contribution in [0.15, 0.2) is 34.5 Å². The second-order valence-corrected chi connectivity index (χ2v) is 4.49. The van der Waals surface area contributed by atoms with Gasteiger partial charge in [0.25, 0.3) is 0 Å². The van der Waals surface area contributed by atoms with Crippen LogP contribution in [0.2, 0.25) is 10.0 Å². The molecule has 0 aromatic carbocycles. The molecule has 2 heterocycles. The Morgan fingerprint density at radius 1 is 0.778 bits per heavy atom. The lowest BCUT2D eigenvalue weighted by atomic mass is 10.4. The van der Waals surface area contributed by atoms with E-state index in [0.29, 0.717) is 33.1 Å². The molecule has 92 valence electrons. The van der Waals surface area contributed by atoms with E-state index in [9.17, 15) is 0 Å². The minimum atomic E-state index is 0.492. The molecule has 2 rings (SSSR count). The van der Waals surface area contributed by atoms with Gasteiger partial charge in [-0.15, -0.1) is 10.2 Å². The van der Waals surface area contributed by atoms with Crippen molar-refractivity contribution in [1.29, 1.82) is 0 Å². The molecule has 0 unspecified atom stereocenters. The Labute approximate surface area is 115 Å². The van der Waals surface area contributed by atoms with Gasteiger partial charge in [-0.3, -0.25) is 0 Å². The zero-order valence-electron chi connectivity index (χ0n) is 9.85. The van der Waals surface area contributed by atoms with Gasteiger partial charge in [0.2, 0.25) is 0 Å². The molecule has 0 saturated carbocycles. The monoisotopic (exact) mass is 280 g/mol. The van der Waals surface area contributed by atoms with Crippen molar-refractivity contribution < 1.29 is 0 Å². The third-order valence-electron chi connectivity index (χ3n) is 2.27. The molecule has 0 aliphatic carbocycles. The van der Waals surface area contributed by atoms with Gasteiger partial charge in [0, 0.05) is 0 Å². The van der Waals surface area contributed by atoms with Crippen molar-refractivity contribution in [3.8, 4) is 0 Å². The highest BCUT2D eigenvalue weighted by Crippen LogP contribution is 2.21. The summed E-state index contributed by atoms with van der Waals surface area (Å²) in [5.41, 5.74) is 1.43. The summed E-state index contributed by atoms with van der Waals surface area (Å²) in [6, 6.07) is 6.86. The summed E-state index contributed by atoms with van der Waals surface area (Å²) in [6.07, 6.45) is 0. The number of pyridine rings is 2. The predicted octanol–water partition coefficient (Wildman–Crippen LogP) is 4.82. The van der Waals surface area contributed by atoms with Gasteiger partial charge in [0.15, 0.2) is 11.6 Å². The average Bonchev–Trinajstić information content (AvgIpc) is 2.35. The highest BCUT2D eigenvalue weighted by molar-refractivity contribution is 6.31. The maximum atomic E-state index is 5.87. The zero-order chi connectivity index (χ0) is 13.1. The Kier molecular flexibility index (Phi) is 3.89. The van der Waals surface area contributed by atoms with Crippen LogP contribution in [0.3, 0.4) is 0 Å². The van der Waals surface area contributed by atoms with Gasteiger partial charge in [-0.1, -0.05) is 23.2 Å². The third kappa shape index (κ3) is 3.03. The topological polar surface area (TPSA) is 50.5 Å². The Morgan fingerprint density at radius 2 is 1.17 bits per heavy atom. The maximum Gasteiger partial charge on any atom is 0.174 e. The molecule has 0 aliphatic heterocycles. The minimum Gasteiger partial charge on any atom is -0.231 e. The second kappa shape index (κ2) is 5.42. The first-order valence-corrected chi connectivity index (χ1v) is 6.00. The highest BCUT2D eigenvalue weighted by atomic mass is 35.5. The number of hydrogen-bond acceptors (Lipinski definition) is 4. The SMILES string of the molecule is Cc1nc(N=Nc2ccc(Cl)c(C)n2)ccc1Cl. The first-order chi connectivity index (χ1) is 8.56. The number of azo groups is 1. The van der Waals surface area contributed by atoms with Gasteiger partial charge in [-0.05, 0) is 38.1 Å². The molecule has 0 aliphatic rings. The van der Waals surface area contributed by atoms with Crippen molar-refractivity contribution in [2.24, 2.45) is 10.2 Å². The predicted molar refractivity (Wildman–Crippen MR) is 72.1 cm³/mol. The van der Waals surface area contributed by atoms with E-state index >= 15 is 0 Å². The molecule has 4 nitrogen and oxygen atoms in total. The molecule has 18 heavy (non-hydrogen) atoms. The number of nitrogens with zero attached hydrogens (tertiary/aromatic N) is 4. The van der Waals surface area contributed by atoms with E-state index in [1.165, 1.54) is 0 Å². The number of aryl methyl sites for hydroxylation is 2. The van der Waals surface area contributed by atoms with Crippen LogP contribution in [0.1, 0.15) is 11.4 Å². The summed E-state index contributed by atoms with van der Waals surface area (Å²) < 4.78 is 0. The summed E-state index contributed by atoms with van der Waals surface area (Å²) in [6.45, 7) is 3.62. The molecular formula is C12H10Cl2N4. The van der Waals surface area contributed by atoms with Crippen molar-refractivity contribution in [2.75, 3.05) is 0 Å². The fraction of sp³-hybridized carbons (Fsp3) is 0.167. The Hall–Kier alpha value is -1.52. The van der Waals surface area contributed by atoms with Crippen molar-refractivity contribution in [1.82, 2.24) is 9.97 Å². The van der Waals surface area contributed by atoms with E-state index < -0.39 is 0 Å². The summed E-state index contributed by atoms with van der Waals surface area (Å²) in [4.78, 5) is 8.36. The zero-order valence-corrected chi connectivity index (χ0v) is 11.4. The average molecular weight is 281 g/mol. The van der Waals surface area contributed by atoms with Crippen molar-refractivity contribution in [3.05, 3.63) is 45.7 Å². The van der Waals surface area contributed by atoms with Gasteiger partial charge < -0.3 is 0 Å². The van der Waals surface area contributed by atoms with Crippen molar-refractivity contribution >= 4 is 34.8 Å². The lowest BCUT2D eigenvalue weighted by Crippen LogP contribution is -1.82. The minimum absolute atomic E-state index is 0.492. The lowest BCUT2D eigenvalue weighted by molar-refractivity contribution is 1.07. The largest absolute Gasteiger partial charge is 0.231 e. The van der Waals surface area contributed by atoms with Gasteiger partial charge in [-0.25, -0.2) is 9.97 Å². The second-order valence-electron chi connectivity index (χ2n) is 3.67. The first kappa shape index (κ1) is 12.9. The summed E-state index contributed by atoms with van der Waals surface area (Å²) >= 11 is 11.7. The summed E-state index contributed by atoms with van der Waals surface area (Å²) in [5.74, 6) is 0.984. The van der Waals surface area contributed by atoms with E-state index in [-0.39, 0.29) is 0 Å². The molecule has 2 aromatic rings. The van der Waals surface area contributed by atoms with E-state index in [4.69, 9.17) is 23.2 Å². The molecule has 0 spiro atoms. The molecule has 0 radical (unpaired) electrons.